The van der Waals surface area contributed by atoms with Gasteiger partial charge in [-0.1, -0.05) is 140 Å². The molecule has 0 saturated carbocycles. The van der Waals surface area contributed by atoms with Crippen LogP contribution in [0, 0.1) is 0 Å². The fourth-order valence-corrected chi connectivity index (χ4v) is 6.29. The number of allylic oxidation sites excluding steroid dienone is 6. The molecule has 306 valence electrons. The van der Waals surface area contributed by atoms with Gasteiger partial charge >= 0.3 is 19.8 Å². The number of esters is 2. The van der Waals surface area contributed by atoms with Crippen molar-refractivity contribution in [2.24, 2.45) is 0 Å². The minimum atomic E-state index is -4.77. The van der Waals surface area contributed by atoms with E-state index in [1.807, 2.05) is 6.08 Å². The second-order valence-corrected chi connectivity index (χ2v) is 15.6. The molecule has 0 aromatic carbocycles. The van der Waals surface area contributed by atoms with Crippen molar-refractivity contribution in [2.45, 2.75) is 199 Å². The molecule has 9 nitrogen and oxygen atoms in total. The first kappa shape index (κ1) is 49.0. The Balaban J connectivity index is 2.11. The molecular weight excluding hydrogens is 691 g/mol. The highest BCUT2D eigenvalue weighted by Crippen LogP contribution is 2.36. The molecule has 2 N–H and O–H groups in total. The average molecular weight is 767 g/mol. The van der Waals surface area contributed by atoms with Crippen LogP contribution >= 0.6 is 7.82 Å². The van der Waals surface area contributed by atoms with Gasteiger partial charge in [0.25, 0.3) is 0 Å². The van der Waals surface area contributed by atoms with E-state index in [1.54, 1.807) is 0 Å². The molecule has 53 heavy (non-hydrogen) atoms. The van der Waals surface area contributed by atoms with Crippen molar-refractivity contribution in [3.63, 3.8) is 0 Å². The third-order valence-corrected chi connectivity index (χ3v) is 9.71. The molecule has 10 heteroatoms. The van der Waals surface area contributed by atoms with Gasteiger partial charge in [0.15, 0.2) is 6.10 Å². The maximum absolute atomic E-state index is 12.4. The fourth-order valence-electron chi connectivity index (χ4n) is 5.93. The van der Waals surface area contributed by atoms with Crippen molar-refractivity contribution in [3.8, 4) is 0 Å². The lowest BCUT2D eigenvalue weighted by Gasteiger charge is -2.18. The Kier molecular flexibility index (Phi) is 31.9. The molecule has 3 atom stereocenters. The summed E-state index contributed by atoms with van der Waals surface area (Å²) in [4.78, 5) is 42.9. The van der Waals surface area contributed by atoms with Crippen LogP contribution in [-0.2, 0) is 32.9 Å². The minimum absolute atomic E-state index is 0.129. The lowest BCUT2D eigenvalue weighted by atomic mass is 10.1. The molecule has 0 aromatic heterocycles. The molecule has 1 rings (SSSR count). The van der Waals surface area contributed by atoms with E-state index in [0.717, 1.165) is 51.4 Å². The molecule has 0 spiro atoms. The van der Waals surface area contributed by atoms with E-state index in [4.69, 9.17) is 24.0 Å². The first-order valence-electron chi connectivity index (χ1n) is 21.1. The Hall–Kier alpha value is -2.03. The SMILES string of the molecule is CCCCC/C=C\CC1OC1C/C=C\C/C=C\CCCC(=O)O[C@H](COC(=O)CCCCCCCCC/C=C\CCCCCCCC)COP(=O)(O)O. The standard InChI is InChI=1S/C43H75O9P/c1-3-5-7-9-11-12-13-14-15-16-17-18-19-20-23-27-31-35-42(44)49-37-39(38-50-53(46,47)48)51-43(45)36-32-28-24-21-22-26-30-34-41-40(52-41)33-29-25-10-8-6-4-2/h14-15,21,24-26,29-30,39-41H,3-13,16-20,22-23,27-28,31-38H2,1-2H3,(H2,46,47,48)/b15-14-,24-21-,29-25-,30-26-/t39-,40?,41?/m1/s1. The topological polar surface area (TPSA) is 132 Å². The summed E-state index contributed by atoms with van der Waals surface area (Å²) in [5, 5.41) is 0. The summed E-state index contributed by atoms with van der Waals surface area (Å²) >= 11 is 0. The summed E-state index contributed by atoms with van der Waals surface area (Å²) in [6.07, 6.45) is 44.4. The van der Waals surface area contributed by atoms with Crippen molar-refractivity contribution in [2.75, 3.05) is 13.2 Å². The van der Waals surface area contributed by atoms with Gasteiger partial charge in [-0.2, -0.15) is 0 Å². The first-order valence-corrected chi connectivity index (χ1v) is 22.6. The van der Waals surface area contributed by atoms with E-state index < -0.39 is 32.5 Å². The molecule has 2 unspecified atom stereocenters. The Morgan fingerprint density at radius 1 is 0.585 bits per heavy atom. The molecule has 0 radical (unpaired) electrons. The normalized spacial score (nSPS) is 16.8. The van der Waals surface area contributed by atoms with E-state index in [1.165, 1.54) is 83.5 Å². The van der Waals surface area contributed by atoms with Gasteiger partial charge in [-0.3, -0.25) is 14.1 Å². The number of rotatable bonds is 37. The van der Waals surface area contributed by atoms with Gasteiger partial charge in [-0.05, 0) is 77.0 Å². The van der Waals surface area contributed by atoms with E-state index >= 15 is 0 Å². The number of ether oxygens (including phenoxy) is 3. The quantitative estimate of drug-likeness (QED) is 0.0208. The van der Waals surface area contributed by atoms with E-state index in [9.17, 15) is 14.2 Å². The maximum Gasteiger partial charge on any atom is 0.469 e. The monoisotopic (exact) mass is 767 g/mol. The fraction of sp³-hybridized carbons (Fsp3) is 0.767. The second kappa shape index (κ2) is 34.5. The summed E-state index contributed by atoms with van der Waals surface area (Å²) in [5.41, 5.74) is 0. The zero-order chi connectivity index (χ0) is 38.7. The highest BCUT2D eigenvalue weighted by Gasteiger charge is 2.36. The Morgan fingerprint density at radius 2 is 1.04 bits per heavy atom. The molecule has 1 aliphatic heterocycles. The predicted octanol–water partition coefficient (Wildman–Crippen LogP) is 11.7. The van der Waals surface area contributed by atoms with Crippen LogP contribution in [0.5, 0.6) is 0 Å². The van der Waals surface area contributed by atoms with Crippen LogP contribution in [-0.4, -0.2) is 53.3 Å². The van der Waals surface area contributed by atoms with Crippen LogP contribution in [0.25, 0.3) is 0 Å². The molecule has 0 amide bonds. The Bertz CT molecular complexity index is 1060. The molecular formula is C43H75O9P. The number of epoxide rings is 1. The van der Waals surface area contributed by atoms with E-state index in [-0.39, 0.29) is 19.4 Å². The van der Waals surface area contributed by atoms with Crippen molar-refractivity contribution < 1.29 is 42.7 Å². The molecule has 0 aromatic rings. The summed E-state index contributed by atoms with van der Waals surface area (Å²) < 4.78 is 32.1. The Morgan fingerprint density at radius 3 is 1.66 bits per heavy atom. The van der Waals surface area contributed by atoms with Gasteiger partial charge < -0.3 is 24.0 Å². The average Bonchev–Trinajstić information content (AvgIpc) is 3.88. The molecule has 0 aliphatic carbocycles. The van der Waals surface area contributed by atoms with E-state index in [2.05, 4.69) is 60.9 Å². The van der Waals surface area contributed by atoms with Crippen LogP contribution in [0.3, 0.4) is 0 Å². The number of carbonyl (C=O) groups is 2. The molecule has 1 saturated heterocycles. The number of phosphoric acid groups is 1. The number of hydrogen-bond acceptors (Lipinski definition) is 7. The van der Waals surface area contributed by atoms with Gasteiger partial charge in [-0.25, -0.2) is 4.57 Å². The number of phosphoric ester groups is 1. The van der Waals surface area contributed by atoms with Gasteiger partial charge in [0.1, 0.15) is 6.61 Å². The minimum Gasteiger partial charge on any atom is -0.462 e. The summed E-state index contributed by atoms with van der Waals surface area (Å²) in [5.74, 6) is -0.961. The smallest absolute Gasteiger partial charge is 0.462 e. The Labute approximate surface area is 322 Å². The van der Waals surface area contributed by atoms with Gasteiger partial charge in [0, 0.05) is 12.8 Å². The maximum atomic E-state index is 12.4. The van der Waals surface area contributed by atoms with Crippen LogP contribution in [0.4, 0.5) is 0 Å². The first-order chi connectivity index (χ1) is 25.7. The highest BCUT2D eigenvalue weighted by atomic mass is 31.2. The van der Waals surface area contributed by atoms with Crippen LogP contribution < -0.4 is 0 Å². The summed E-state index contributed by atoms with van der Waals surface area (Å²) in [6.45, 7) is 3.59. The van der Waals surface area contributed by atoms with Crippen LogP contribution in [0.15, 0.2) is 48.6 Å². The molecule has 1 aliphatic rings. The van der Waals surface area contributed by atoms with E-state index in [0.29, 0.717) is 31.5 Å². The van der Waals surface area contributed by atoms with Gasteiger partial charge in [0.05, 0.1) is 18.8 Å². The van der Waals surface area contributed by atoms with Crippen molar-refractivity contribution in [1.29, 1.82) is 0 Å². The highest BCUT2D eigenvalue weighted by molar-refractivity contribution is 7.46. The predicted molar refractivity (Wildman–Crippen MR) is 215 cm³/mol. The third kappa shape index (κ3) is 34.2. The van der Waals surface area contributed by atoms with Gasteiger partial charge in [-0.15, -0.1) is 0 Å². The largest absolute Gasteiger partial charge is 0.469 e. The van der Waals surface area contributed by atoms with Crippen molar-refractivity contribution in [3.05, 3.63) is 48.6 Å². The number of hydrogen-bond donors (Lipinski definition) is 2. The van der Waals surface area contributed by atoms with Crippen molar-refractivity contribution in [1.82, 2.24) is 0 Å². The van der Waals surface area contributed by atoms with Crippen molar-refractivity contribution >= 4 is 19.8 Å². The van der Waals surface area contributed by atoms with Crippen LogP contribution in [0.1, 0.15) is 181 Å². The molecule has 1 fully saturated rings. The number of unbranched alkanes of at least 4 members (excludes halogenated alkanes) is 17. The summed E-state index contributed by atoms with van der Waals surface area (Å²) in [7, 11) is -4.77. The molecule has 1 heterocycles. The molecule has 0 bridgehead atoms. The lowest BCUT2D eigenvalue weighted by Crippen LogP contribution is -2.29. The lowest BCUT2D eigenvalue weighted by molar-refractivity contribution is -0.161. The summed E-state index contributed by atoms with van der Waals surface area (Å²) in [6, 6.07) is 0. The second-order valence-electron chi connectivity index (χ2n) is 14.3. The number of carbonyl (C=O) groups excluding carboxylic acids is 2. The van der Waals surface area contributed by atoms with Crippen LogP contribution in [0.2, 0.25) is 0 Å². The zero-order valence-corrected chi connectivity index (χ0v) is 34.2. The van der Waals surface area contributed by atoms with Gasteiger partial charge in [0.2, 0.25) is 0 Å². The third-order valence-electron chi connectivity index (χ3n) is 9.22. The zero-order valence-electron chi connectivity index (χ0n) is 33.3.